The number of para-hydroxylation sites is 1. The maximum Gasteiger partial charge on any atom is 0.0705 e. The summed E-state index contributed by atoms with van der Waals surface area (Å²) in [4.78, 5) is 4.35. The summed E-state index contributed by atoms with van der Waals surface area (Å²) in [6.45, 7) is 5.16. The summed E-state index contributed by atoms with van der Waals surface area (Å²) in [5.41, 5.74) is 2.28. The van der Waals surface area contributed by atoms with Crippen LogP contribution in [0.4, 0.5) is 0 Å². The number of aliphatic hydroxyl groups excluding tert-OH is 1. The lowest BCUT2D eigenvalue weighted by Crippen LogP contribution is -2.33. The van der Waals surface area contributed by atoms with Crippen LogP contribution in [0.2, 0.25) is 0 Å². The summed E-state index contributed by atoms with van der Waals surface area (Å²) in [6, 6.07) is 10.5. The Labute approximate surface area is 108 Å². The van der Waals surface area contributed by atoms with Crippen LogP contribution in [-0.2, 0) is 6.54 Å². The number of pyridine rings is 1. The summed E-state index contributed by atoms with van der Waals surface area (Å²) in [5, 5.41) is 13.8. The Morgan fingerprint density at radius 1 is 1.22 bits per heavy atom. The highest BCUT2D eigenvalue weighted by Crippen LogP contribution is 2.16. The molecule has 1 aromatic carbocycles. The smallest absolute Gasteiger partial charge is 0.0705 e. The second kappa shape index (κ2) is 5.94. The van der Waals surface area contributed by atoms with Crippen molar-refractivity contribution in [2.75, 3.05) is 6.61 Å². The van der Waals surface area contributed by atoms with Gasteiger partial charge in [0, 0.05) is 30.8 Å². The molecular formula is C15H20N2O. The zero-order chi connectivity index (χ0) is 13.0. The number of nitrogens with zero attached hydrogens (tertiary/aromatic N) is 1. The average Bonchev–Trinajstić information content (AvgIpc) is 2.43. The Morgan fingerprint density at radius 2 is 2.00 bits per heavy atom. The third-order valence-electron chi connectivity index (χ3n) is 3.50. The quantitative estimate of drug-likeness (QED) is 0.848. The lowest BCUT2D eigenvalue weighted by atomic mass is 10.0. The molecule has 96 valence electrons. The molecule has 0 radical (unpaired) electrons. The molecule has 0 bridgehead atoms. The van der Waals surface area contributed by atoms with Crippen molar-refractivity contribution >= 4 is 10.9 Å². The van der Waals surface area contributed by atoms with Gasteiger partial charge >= 0.3 is 0 Å². The molecule has 2 N–H and O–H groups in total. The molecule has 2 unspecified atom stereocenters. The third kappa shape index (κ3) is 2.86. The minimum absolute atomic E-state index is 0.214. The number of hydrogen-bond acceptors (Lipinski definition) is 3. The van der Waals surface area contributed by atoms with Gasteiger partial charge < -0.3 is 10.4 Å². The molecule has 0 saturated carbocycles. The Kier molecular flexibility index (Phi) is 4.28. The van der Waals surface area contributed by atoms with Crippen molar-refractivity contribution in [2.24, 2.45) is 5.92 Å². The molecule has 3 heteroatoms. The van der Waals surface area contributed by atoms with Crippen molar-refractivity contribution in [1.29, 1.82) is 0 Å². The highest BCUT2D eigenvalue weighted by molar-refractivity contribution is 5.81. The van der Waals surface area contributed by atoms with Crippen LogP contribution in [0, 0.1) is 5.92 Å². The molecule has 1 aromatic heterocycles. The van der Waals surface area contributed by atoms with Crippen molar-refractivity contribution < 1.29 is 5.11 Å². The lowest BCUT2D eigenvalue weighted by molar-refractivity contribution is 0.207. The highest BCUT2D eigenvalue weighted by Gasteiger charge is 2.10. The number of benzene rings is 1. The number of hydrogen-bond donors (Lipinski definition) is 2. The van der Waals surface area contributed by atoms with E-state index in [1.54, 1.807) is 0 Å². The van der Waals surface area contributed by atoms with E-state index < -0.39 is 0 Å². The number of aromatic nitrogens is 1. The van der Waals surface area contributed by atoms with Crippen LogP contribution >= 0.6 is 0 Å². The van der Waals surface area contributed by atoms with Crippen molar-refractivity contribution in [2.45, 2.75) is 26.4 Å². The van der Waals surface area contributed by atoms with Crippen LogP contribution in [0.25, 0.3) is 10.9 Å². The van der Waals surface area contributed by atoms with Crippen molar-refractivity contribution in [3.05, 3.63) is 42.1 Å². The molecule has 0 amide bonds. The number of fused-ring (bicyclic) bond motifs is 1. The van der Waals surface area contributed by atoms with Crippen LogP contribution in [0.5, 0.6) is 0 Å². The highest BCUT2D eigenvalue weighted by atomic mass is 16.3. The van der Waals surface area contributed by atoms with E-state index in [9.17, 15) is 0 Å². The van der Waals surface area contributed by atoms with Crippen LogP contribution in [-0.4, -0.2) is 22.7 Å². The first-order chi connectivity index (χ1) is 8.72. The summed E-state index contributed by atoms with van der Waals surface area (Å²) < 4.78 is 0. The van der Waals surface area contributed by atoms with Crippen LogP contribution in [0.1, 0.15) is 19.4 Å². The molecule has 1 heterocycles. The molecule has 0 fully saturated rings. The SMILES string of the molecule is CC(CO)C(C)NCc1ccnc2ccccc12. The zero-order valence-corrected chi connectivity index (χ0v) is 10.9. The van der Waals surface area contributed by atoms with Gasteiger partial charge in [0.05, 0.1) is 5.52 Å². The van der Waals surface area contributed by atoms with Gasteiger partial charge in [0.25, 0.3) is 0 Å². The van der Waals surface area contributed by atoms with Gasteiger partial charge in [-0.1, -0.05) is 25.1 Å². The molecular weight excluding hydrogens is 224 g/mol. The Hall–Kier alpha value is -1.45. The topological polar surface area (TPSA) is 45.1 Å². The largest absolute Gasteiger partial charge is 0.396 e. The van der Waals surface area contributed by atoms with Gasteiger partial charge in [0.15, 0.2) is 0 Å². The van der Waals surface area contributed by atoms with E-state index in [1.807, 2.05) is 37.4 Å². The Balaban J connectivity index is 2.12. The Bertz CT molecular complexity index is 507. The predicted octanol–water partition coefficient (Wildman–Crippen LogP) is 2.34. The fourth-order valence-corrected chi connectivity index (χ4v) is 1.94. The number of nitrogens with one attached hydrogen (secondary N) is 1. The third-order valence-corrected chi connectivity index (χ3v) is 3.50. The lowest BCUT2D eigenvalue weighted by Gasteiger charge is -2.19. The molecule has 2 atom stereocenters. The van der Waals surface area contributed by atoms with E-state index in [0.717, 1.165) is 12.1 Å². The second-order valence-electron chi connectivity index (χ2n) is 4.82. The van der Waals surface area contributed by atoms with E-state index in [-0.39, 0.29) is 12.5 Å². The van der Waals surface area contributed by atoms with Gasteiger partial charge in [-0.25, -0.2) is 0 Å². The van der Waals surface area contributed by atoms with E-state index in [2.05, 4.69) is 23.3 Å². The van der Waals surface area contributed by atoms with Crippen LogP contribution in [0.15, 0.2) is 36.5 Å². The number of rotatable bonds is 5. The molecule has 0 aliphatic carbocycles. The molecule has 0 saturated heterocycles. The first-order valence-corrected chi connectivity index (χ1v) is 6.39. The van der Waals surface area contributed by atoms with Crippen molar-refractivity contribution in [3.8, 4) is 0 Å². The standard InChI is InChI=1S/C15H20N2O/c1-11(10-18)12(2)17-9-13-7-8-16-15-6-4-3-5-14(13)15/h3-8,11-12,17-18H,9-10H2,1-2H3. The second-order valence-corrected chi connectivity index (χ2v) is 4.82. The average molecular weight is 244 g/mol. The van der Waals surface area contributed by atoms with Gasteiger partial charge in [0.2, 0.25) is 0 Å². The van der Waals surface area contributed by atoms with Crippen LogP contribution < -0.4 is 5.32 Å². The van der Waals surface area contributed by atoms with Gasteiger partial charge in [0.1, 0.15) is 0 Å². The zero-order valence-electron chi connectivity index (χ0n) is 10.9. The van der Waals surface area contributed by atoms with Gasteiger partial charge in [-0.15, -0.1) is 0 Å². The minimum Gasteiger partial charge on any atom is -0.396 e. The van der Waals surface area contributed by atoms with Gasteiger partial charge in [-0.3, -0.25) is 4.98 Å². The summed E-state index contributed by atoms with van der Waals surface area (Å²) in [7, 11) is 0. The first-order valence-electron chi connectivity index (χ1n) is 6.39. The molecule has 18 heavy (non-hydrogen) atoms. The molecule has 0 aliphatic rings. The Morgan fingerprint density at radius 3 is 2.78 bits per heavy atom. The first kappa shape index (κ1) is 13.0. The van der Waals surface area contributed by atoms with Crippen molar-refractivity contribution in [3.63, 3.8) is 0 Å². The van der Waals surface area contributed by atoms with E-state index >= 15 is 0 Å². The maximum atomic E-state index is 9.12. The van der Waals surface area contributed by atoms with Crippen molar-refractivity contribution in [1.82, 2.24) is 10.3 Å². The monoisotopic (exact) mass is 244 g/mol. The molecule has 2 rings (SSSR count). The van der Waals surface area contributed by atoms with Crippen LogP contribution in [0.3, 0.4) is 0 Å². The predicted molar refractivity (Wildman–Crippen MR) is 74.3 cm³/mol. The number of aliphatic hydroxyl groups is 1. The molecule has 0 aliphatic heterocycles. The van der Waals surface area contributed by atoms with E-state index in [1.165, 1.54) is 10.9 Å². The minimum atomic E-state index is 0.214. The maximum absolute atomic E-state index is 9.12. The fourth-order valence-electron chi connectivity index (χ4n) is 1.94. The van der Waals surface area contributed by atoms with Gasteiger partial charge in [-0.05, 0) is 30.5 Å². The molecule has 0 spiro atoms. The van der Waals surface area contributed by atoms with Gasteiger partial charge in [-0.2, -0.15) is 0 Å². The fraction of sp³-hybridized carbons (Fsp3) is 0.400. The van der Waals surface area contributed by atoms with E-state index in [0.29, 0.717) is 6.04 Å². The molecule has 2 aromatic rings. The summed E-state index contributed by atoms with van der Waals surface area (Å²) >= 11 is 0. The van der Waals surface area contributed by atoms with E-state index in [4.69, 9.17) is 5.11 Å². The normalized spacial score (nSPS) is 14.6. The molecule has 3 nitrogen and oxygen atoms in total. The summed E-state index contributed by atoms with van der Waals surface area (Å²) in [6.07, 6.45) is 1.85. The summed E-state index contributed by atoms with van der Waals surface area (Å²) in [5.74, 6) is 0.262.